The molecular weight excluding hydrogens is 991 g/mol. The SMILES string of the molecule is CCCCCCCCCCC/C=C\C/C=C\CCCCCCCCC(O)C(=O)NC(COC1OC(CO)C(O)C(O)C1O)C(O)C(O)CCCCCCCCCCCCCCCCCCCCCCCCCCCCCCCC. The first-order valence-electron chi connectivity index (χ1n) is 34.2. The van der Waals surface area contributed by atoms with Gasteiger partial charge in [-0.25, -0.2) is 0 Å². The number of rotatable bonds is 60. The van der Waals surface area contributed by atoms with Gasteiger partial charge in [0.05, 0.1) is 25.4 Å². The summed E-state index contributed by atoms with van der Waals surface area (Å²) in [4.78, 5) is 13.2. The standard InChI is InChI=1S/C68H131NO10/c1-3-5-7-9-11-13-15-17-19-21-23-25-27-28-29-30-31-32-33-34-36-37-39-41-43-45-47-49-51-53-55-60(71)63(73)59(58-78-68-66(76)65(75)64(74)62(57-70)79-68)69-67(77)61(72)56-54-52-50-48-46-44-42-40-38-35-26-24-22-20-18-16-14-12-10-8-6-4-2/h24,26,38,40,59-66,68,70-76H,3-23,25,27-37,39,41-58H2,1-2H3,(H,69,77)/b26-24-,40-38-. The molecule has 1 aliphatic rings. The van der Waals surface area contributed by atoms with Crippen molar-refractivity contribution < 1.29 is 50.0 Å². The fourth-order valence-electron chi connectivity index (χ4n) is 11.2. The molecule has 0 saturated carbocycles. The molecule has 0 spiro atoms. The molecule has 79 heavy (non-hydrogen) atoms. The number of hydrogen-bond acceptors (Lipinski definition) is 10. The molecule has 1 amide bonds. The highest BCUT2D eigenvalue weighted by molar-refractivity contribution is 5.80. The molecule has 468 valence electrons. The lowest BCUT2D eigenvalue weighted by Gasteiger charge is -2.40. The molecule has 11 nitrogen and oxygen atoms in total. The number of amides is 1. The molecule has 0 aromatic rings. The quantitative estimate of drug-likeness (QED) is 0.0215. The van der Waals surface area contributed by atoms with E-state index in [0.29, 0.717) is 19.3 Å². The summed E-state index contributed by atoms with van der Waals surface area (Å²) in [6.07, 6.45) is 59.7. The summed E-state index contributed by atoms with van der Waals surface area (Å²) < 4.78 is 11.2. The van der Waals surface area contributed by atoms with Crippen LogP contribution in [0.3, 0.4) is 0 Å². The predicted octanol–water partition coefficient (Wildman–Crippen LogP) is 16.0. The first kappa shape index (κ1) is 75.6. The van der Waals surface area contributed by atoms with E-state index in [1.165, 1.54) is 231 Å². The molecule has 0 aliphatic carbocycles. The van der Waals surface area contributed by atoms with Gasteiger partial charge in [-0.05, 0) is 44.9 Å². The van der Waals surface area contributed by atoms with Crippen molar-refractivity contribution in [2.75, 3.05) is 13.2 Å². The number of nitrogens with one attached hydrogen (secondary N) is 1. The van der Waals surface area contributed by atoms with Crippen LogP contribution in [0.5, 0.6) is 0 Å². The molecule has 0 radical (unpaired) electrons. The van der Waals surface area contributed by atoms with Crippen LogP contribution in [0.4, 0.5) is 0 Å². The van der Waals surface area contributed by atoms with E-state index >= 15 is 0 Å². The third-order valence-electron chi connectivity index (χ3n) is 16.8. The monoisotopic (exact) mass is 1120 g/mol. The van der Waals surface area contributed by atoms with Crippen LogP contribution in [0, 0.1) is 0 Å². The van der Waals surface area contributed by atoms with E-state index in [1.54, 1.807) is 0 Å². The molecule has 0 aromatic carbocycles. The lowest BCUT2D eigenvalue weighted by atomic mass is 9.98. The van der Waals surface area contributed by atoms with Crippen LogP contribution in [0.25, 0.3) is 0 Å². The Morgan fingerprint density at radius 3 is 1.13 bits per heavy atom. The Balaban J connectivity index is 2.21. The Morgan fingerprint density at radius 2 is 0.772 bits per heavy atom. The highest BCUT2D eigenvalue weighted by Crippen LogP contribution is 2.24. The summed E-state index contributed by atoms with van der Waals surface area (Å²) in [6.45, 7) is 3.50. The van der Waals surface area contributed by atoms with Crippen molar-refractivity contribution in [2.45, 2.75) is 390 Å². The van der Waals surface area contributed by atoms with Crippen molar-refractivity contribution >= 4 is 5.91 Å². The molecule has 1 saturated heterocycles. The first-order chi connectivity index (χ1) is 38.7. The summed E-state index contributed by atoms with van der Waals surface area (Å²) in [5.41, 5.74) is 0. The Kier molecular flexibility index (Phi) is 54.6. The molecule has 1 heterocycles. The van der Waals surface area contributed by atoms with Gasteiger partial charge < -0.3 is 50.5 Å². The zero-order valence-corrected chi connectivity index (χ0v) is 51.6. The number of carbonyl (C=O) groups excluding carboxylic acids is 1. The van der Waals surface area contributed by atoms with Gasteiger partial charge in [0.1, 0.15) is 36.6 Å². The van der Waals surface area contributed by atoms with Crippen LogP contribution in [0.1, 0.15) is 335 Å². The first-order valence-corrected chi connectivity index (χ1v) is 34.2. The van der Waals surface area contributed by atoms with Gasteiger partial charge in [-0.15, -0.1) is 0 Å². The second-order valence-corrected chi connectivity index (χ2v) is 24.3. The van der Waals surface area contributed by atoms with Crippen LogP contribution in [0.2, 0.25) is 0 Å². The van der Waals surface area contributed by atoms with Gasteiger partial charge in [-0.3, -0.25) is 4.79 Å². The molecular formula is C68H131NO10. The van der Waals surface area contributed by atoms with Crippen LogP contribution in [-0.4, -0.2) is 110 Å². The second-order valence-electron chi connectivity index (χ2n) is 24.3. The minimum absolute atomic E-state index is 0.250. The van der Waals surface area contributed by atoms with Gasteiger partial charge in [-0.2, -0.15) is 0 Å². The maximum Gasteiger partial charge on any atom is 0.249 e. The average Bonchev–Trinajstić information content (AvgIpc) is 3.46. The number of aliphatic hydroxyl groups excluding tert-OH is 7. The maximum absolute atomic E-state index is 13.2. The van der Waals surface area contributed by atoms with E-state index in [9.17, 15) is 40.5 Å². The summed E-state index contributed by atoms with van der Waals surface area (Å²) in [6, 6.07) is -1.17. The van der Waals surface area contributed by atoms with Crippen molar-refractivity contribution in [1.82, 2.24) is 5.32 Å². The van der Waals surface area contributed by atoms with Gasteiger partial charge in [0.15, 0.2) is 6.29 Å². The van der Waals surface area contributed by atoms with Crippen molar-refractivity contribution in [2.24, 2.45) is 0 Å². The van der Waals surface area contributed by atoms with Gasteiger partial charge in [0, 0.05) is 0 Å². The van der Waals surface area contributed by atoms with E-state index in [4.69, 9.17) is 9.47 Å². The second kappa shape index (κ2) is 57.0. The molecule has 8 N–H and O–H groups in total. The molecule has 0 bridgehead atoms. The van der Waals surface area contributed by atoms with Crippen LogP contribution in [-0.2, 0) is 14.3 Å². The normalized spacial score (nSPS) is 19.4. The number of ether oxygens (including phenoxy) is 2. The Bertz CT molecular complexity index is 1330. The van der Waals surface area contributed by atoms with E-state index in [1.807, 2.05) is 0 Å². The third-order valence-corrected chi connectivity index (χ3v) is 16.8. The zero-order valence-electron chi connectivity index (χ0n) is 51.6. The molecule has 1 fully saturated rings. The minimum atomic E-state index is -1.66. The lowest BCUT2D eigenvalue weighted by Crippen LogP contribution is -2.60. The fraction of sp³-hybridized carbons (Fsp3) is 0.926. The molecule has 9 atom stereocenters. The number of carbonyl (C=O) groups is 1. The van der Waals surface area contributed by atoms with Gasteiger partial charge in [-0.1, -0.05) is 314 Å². The molecule has 9 unspecified atom stereocenters. The van der Waals surface area contributed by atoms with Crippen LogP contribution in [0.15, 0.2) is 24.3 Å². The Morgan fingerprint density at radius 1 is 0.443 bits per heavy atom. The van der Waals surface area contributed by atoms with E-state index in [2.05, 4.69) is 43.5 Å². The number of aliphatic hydroxyl groups is 7. The molecule has 11 heteroatoms. The van der Waals surface area contributed by atoms with Gasteiger partial charge >= 0.3 is 0 Å². The van der Waals surface area contributed by atoms with Gasteiger partial charge in [0.25, 0.3) is 0 Å². The Labute approximate surface area is 486 Å². The molecule has 0 aromatic heterocycles. The Hall–Kier alpha value is -1.41. The fourth-order valence-corrected chi connectivity index (χ4v) is 11.2. The predicted molar refractivity (Wildman–Crippen MR) is 330 cm³/mol. The van der Waals surface area contributed by atoms with E-state index < -0.39 is 74.2 Å². The number of hydrogen-bond donors (Lipinski definition) is 8. The van der Waals surface area contributed by atoms with Crippen molar-refractivity contribution in [3.8, 4) is 0 Å². The third kappa shape index (κ3) is 44.7. The molecule has 1 rings (SSSR count). The van der Waals surface area contributed by atoms with Crippen LogP contribution >= 0.6 is 0 Å². The maximum atomic E-state index is 13.2. The van der Waals surface area contributed by atoms with Crippen molar-refractivity contribution in [3.63, 3.8) is 0 Å². The lowest BCUT2D eigenvalue weighted by molar-refractivity contribution is -0.303. The average molecular weight is 1120 g/mol. The number of unbranched alkanes of at least 4 members (excludes halogenated alkanes) is 44. The van der Waals surface area contributed by atoms with E-state index in [0.717, 1.165) is 64.2 Å². The van der Waals surface area contributed by atoms with Crippen molar-refractivity contribution in [3.05, 3.63) is 24.3 Å². The summed E-state index contributed by atoms with van der Waals surface area (Å²) in [5.74, 6) is -0.699. The molecule has 1 aliphatic heterocycles. The van der Waals surface area contributed by atoms with Crippen molar-refractivity contribution in [1.29, 1.82) is 0 Å². The van der Waals surface area contributed by atoms with Crippen LogP contribution < -0.4 is 5.32 Å². The highest BCUT2D eigenvalue weighted by atomic mass is 16.7. The number of allylic oxidation sites excluding steroid dienone is 4. The minimum Gasteiger partial charge on any atom is -0.394 e. The smallest absolute Gasteiger partial charge is 0.249 e. The highest BCUT2D eigenvalue weighted by Gasteiger charge is 2.44. The topological polar surface area (TPSA) is 189 Å². The summed E-state index contributed by atoms with van der Waals surface area (Å²) >= 11 is 0. The van der Waals surface area contributed by atoms with Gasteiger partial charge in [0.2, 0.25) is 5.91 Å². The largest absolute Gasteiger partial charge is 0.394 e. The van der Waals surface area contributed by atoms with E-state index in [-0.39, 0.29) is 6.42 Å². The summed E-state index contributed by atoms with van der Waals surface area (Å²) in [5, 5.41) is 76.5. The zero-order chi connectivity index (χ0) is 57.5. The summed E-state index contributed by atoms with van der Waals surface area (Å²) in [7, 11) is 0.